The summed E-state index contributed by atoms with van der Waals surface area (Å²) >= 11 is 0. The number of aromatic nitrogens is 2. The van der Waals surface area contributed by atoms with Gasteiger partial charge in [0.2, 0.25) is 0 Å². The van der Waals surface area contributed by atoms with E-state index in [0.29, 0.717) is 0 Å². The zero-order chi connectivity index (χ0) is 31.3. The summed E-state index contributed by atoms with van der Waals surface area (Å²) < 4.78 is 0. The molecule has 240 valence electrons. The number of hydrogen-bond donors (Lipinski definition) is 0. The normalized spacial score (nSPS) is 19.0. The zero-order valence-corrected chi connectivity index (χ0v) is 27.8. The number of hydrogen-bond acceptors (Lipinski definition) is 6. The van der Waals surface area contributed by atoms with E-state index in [1.807, 2.05) is 0 Å². The summed E-state index contributed by atoms with van der Waals surface area (Å²) in [5, 5.41) is 16.2. The highest BCUT2D eigenvalue weighted by atomic mass is 15.3. The average molecular weight is 631 g/mol. The molecule has 0 radical (unpaired) electrons. The van der Waals surface area contributed by atoms with E-state index in [2.05, 4.69) is 80.3 Å². The second-order valence-electron chi connectivity index (χ2n) is 14.9. The molecular formula is C42H42N6. The monoisotopic (exact) mass is 630 g/mol. The van der Waals surface area contributed by atoms with Crippen molar-refractivity contribution in [3.05, 3.63) is 60.7 Å². The van der Waals surface area contributed by atoms with E-state index in [1.54, 1.807) is 0 Å². The van der Waals surface area contributed by atoms with E-state index in [0.717, 1.165) is 58.2 Å². The van der Waals surface area contributed by atoms with Crippen LogP contribution in [0, 0.1) is 0 Å². The number of pyridine rings is 2. The van der Waals surface area contributed by atoms with Crippen LogP contribution in [0.2, 0.25) is 0 Å². The first kappa shape index (κ1) is 27.4. The van der Waals surface area contributed by atoms with Gasteiger partial charge in [0, 0.05) is 73.9 Å². The SMILES string of the molecule is c1ccc2c(c1)cc1c3c(N4CCCC4)nc(N4CCCC4)c4cccc(c43)c3c4cc(N5CCCC5)nc(N5CCCC5)c4cc2c13. The van der Waals surface area contributed by atoms with E-state index in [-0.39, 0.29) is 0 Å². The van der Waals surface area contributed by atoms with E-state index in [1.165, 1.54) is 133 Å². The zero-order valence-electron chi connectivity index (χ0n) is 27.8. The molecule has 48 heavy (non-hydrogen) atoms. The van der Waals surface area contributed by atoms with Crippen LogP contribution >= 0.6 is 0 Å². The summed E-state index contributed by atoms with van der Waals surface area (Å²) in [5.74, 6) is 4.72. The van der Waals surface area contributed by atoms with Crippen molar-refractivity contribution in [2.75, 3.05) is 72.0 Å². The van der Waals surface area contributed by atoms with Crippen molar-refractivity contribution in [2.45, 2.75) is 51.4 Å². The molecule has 0 atom stereocenters. The molecule has 11 rings (SSSR count). The van der Waals surface area contributed by atoms with Crippen molar-refractivity contribution in [2.24, 2.45) is 0 Å². The summed E-state index contributed by atoms with van der Waals surface area (Å²) in [5.41, 5.74) is 0. The highest BCUT2D eigenvalue weighted by Crippen LogP contribution is 2.51. The number of nitrogens with zero attached hydrogens (tertiary/aromatic N) is 6. The van der Waals surface area contributed by atoms with Crippen LogP contribution in [-0.4, -0.2) is 62.3 Å². The highest BCUT2D eigenvalue weighted by molar-refractivity contribution is 6.43. The van der Waals surface area contributed by atoms with Gasteiger partial charge in [-0.1, -0.05) is 42.5 Å². The third-order valence-electron chi connectivity index (χ3n) is 12.1. The summed E-state index contributed by atoms with van der Waals surface area (Å²) in [6, 6.07) is 23.6. The lowest BCUT2D eigenvalue weighted by Gasteiger charge is -2.28. The van der Waals surface area contributed by atoms with Crippen LogP contribution in [0.25, 0.3) is 64.6 Å². The van der Waals surface area contributed by atoms with E-state index >= 15 is 0 Å². The predicted molar refractivity (Wildman–Crippen MR) is 204 cm³/mol. The van der Waals surface area contributed by atoms with Gasteiger partial charge in [-0.3, -0.25) is 0 Å². The Morgan fingerprint density at radius 1 is 0.354 bits per heavy atom. The quantitative estimate of drug-likeness (QED) is 0.143. The van der Waals surface area contributed by atoms with Crippen LogP contribution in [0.3, 0.4) is 0 Å². The predicted octanol–water partition coefficient (Wildman–Crippen LogP) is 9.23. The first-order valence-electron chi connectivity index (χ1n) is 18.6. The fourth-order valence-corrected chi connectivity index (χ4v) is 9.83. The topological polar surface area (TPSA) is 38.7 Å². The van der Waals surface area contributed by atoms with Gasteiger partial charge in [-0.15, -0.1) is 0 Å². The van der Waals surface area contributed by atoms with Crippen LogP contribution in [0.1, 0.15) is 51.4 Å². The van der Waals surface area contributed by atoms with Crippen LogP contribution in [-0.2, 0) is 0 Å². The Kier molecular flexibility index (Phi) is 5.97. The van der Waals surface area contributed by atoms with Crippen LogP contribution in [0.15, 0.2) is 60.7 Å². The van der Waals surface area contributed by atoms with E-state index in [9.17, 15) is 0 Å². The maximum absolute atomic E-state index is 5.67. The first-order valence-corrected chi connectivity index (χ1v) is 18.6. The average Bonchev–Trinajstić information content (AvgIpc) is 3.98. The van der Waals surface area contributed by atoms with Gasteiger partial charge in [0.1, 0.15) is 23.3 Å². The molecule has 0 aliphatic carbocycles. The largest absolute Gasteiger partial charge is 0.357 e. The molecule has 0 amide bonds. The lowest BCUT2D eigenvalue weighted by atomic mass is 9.85. The lowest BCUT2D eigenvalue weighted by Crippen LogP contribution is -2.24. The minimum atomic E-state index is 1.08. The minimum absolute atomic E-state index is 1.08. The minimum Gasteiger partial charge on any atom is -0.357 e. The second kappa shape index (κ2) is 10.5. The Hall–Kier alpha value is -4.58. The molecule has 6 nitrogen and oxygen atoms in total. The molecule has 6 heterocycles. The number of fused-ring (bicyclic) bond motifs is 6. The first-order chi connectivity index (χ1) is 23.8. The molecule has 0 unspecified atom stereocenters. The summed E-state index contributed by atoms with van der Waals surface area (Å²) in [4.78, 5) is 21.5. The van der Waals surface area contributed by atoms with Gasteiger partial charge in [-0.2, -0.15) is 0 Å². The lowest BCUT2D eigenvalue weighted by molar-refractivity contribution is 0.908. The van der Waals surface area contributed by atoms with Crippen molar-refractivity contribution in [1.82, 2.24) is 9.97 Å². The fourth-order valence-electron chi connectivity index (χ4n) is 9.83. The van der Waals surface area contributed by atoms with Gasteiger partial charge in [0.05, 0.1) is 0 Å². The molecule has 4 aliphatic rings. The van der Waals surface area contributed by atoms with Gasteiger partial charge >= 0.3 is 0 Å². The Labute approximate surface area is 281 Å². The Balaban J connectivity index is 1.38. The summed E-state index contributed by atoms with van der Waals surface area (Å²) in [7, 11) is 0. The molecule has 5 aromatic carbocycles. The van der Waals surface area contributed by atoms with Crippen molar-refractivity contribution in [3.8, 4) is 0 Å². The van der Waals surface area contributed by atoms with Crippen LogP contribution < -0.4 is 19.6 Å². The molecule has 4 saturated heterocycles. The van der Waals surface area contributed by atoms with E-state index < -0.39 is 0 Å². The van der Waals surface area contributed by atoms with Crippen molar-refractivity contribution >= 4 is 87.9 Å². The van der Waals surface area contributed by atoms with Crippen LogP contribution in [0.5, 0.6) is 0 Å². The molecule has 0 saturated carbocycles. The van der Waals surface area contributed by atoms with Gasteiger partial charge in [0.15, 0.2) is 0 Å². The second-order valence-corrected chi connectivity index (χ2v) is 14.9. The maximum Gasteiger partial charge on any atom is 0.139 e. The third-order valence-corrected chi connectivity index (χ3v) is 12.1. The van der Waals surface area contributed by atoms with Crippen molar-refractivity contribution < 1.29 is 0 Å². The van der Waals surface area contributed by atoms with Crippen molar-refractivity contribution in [3.63, 3.8) is 0 Å². The molecule has 0 N–H and O–H groups in total. The molecule has 6 heteroatoms. The molecule has 4 fully saturated rings. The Bertz CT molecular complexity index is 2390. The fraction of sp³-hybridized carbons (Fsp3) is 0.381. The van der Waals surface area contributed by atoms with Gasteiger partial charge in [-0.25, -0.2) is 9.97 Å². The molecule has 4 aliphatic heterocycles. The molecule has 0 bridgehead atoms. The van der Waals surface area contributed by atoms with Gasteiger partial charge in [-0.05, 0) is 113 Å². The molecule has 7 aromatic rings. The third kappa shape index (κ3) is 3.86. The molecule has 2 aromatic heterocycles. The number of benzene rings is 5. The molecule has 0 spiro atoms. The van der Waals surface area contributed by atoms with Crippen molar-refractivity contribution in [1.29, 1.82) is 0 Å². The summed E-state index contributed by atoms with van der Waals surface area (Å²) in [6.45, 7) is 8.71. The number of rotatable bonds is 4. The number of anilines is 4. The smallest absolute Gasteiger partial charge is 0.139 e. The molecular weight excluding hydrogens is 589 g/mol. The Morgan fingerprint density at radius 2 is 0.875 bits per heavy atom. The summed E-state index contributed by atoms with van der Waals surface area (Å²) in [6.07, 6.45) is 9.93. The highest BCUT2D eigenvalue weighted by Gasteiger charge is 2.29. The van der Waals surface area contributed by atoms with Crippen LogP contribution in [0.4, 0.5) is 23.3 Å². The maximum atomic E-state index is 5.67. The standard InChI is InChI=1S/C42H42N6/c1-2-13-28-27(12-1)24-34-38-31(28)25-33-32(26-35(45-16-3-4-17-45)43-41(33)47-20-7-8-21-47)37(38)29-14-11-15-30-36(29)39(34)42(48-22-9-10-23-48)44-40(30)46-18-5-6-19-46/h1-2,11-15,24-26H,3-10,16-23H2. The van der Waals surface area contributed by atoms with E-state index in [4.69, 9.17) is 9.97 Å². The van der Waals surface area contributed by atoms with Gasteiger partial charge < -0.3 is 19.6 Å². The Morgan fingerprint density at radius 3 is 1.58 bits per heavy atom. The van der Waals surface area contributed by atoms with Gasteiger partial charge in [0.25, 0.3) is 0 Å².